The van der Waals surface area contributed by atoms with Gasteiger partial charge < -0.3 is 9.05 Å². The molecule has 212 valence electrons. The first-order valence-corrected chi connectivity index (χ1v) is 13.6. The molecule has 10 nitrogen and oxygen atoms in total. The smallest absolute Gasteiger partial charge is 0.248 e. The van der Waals surface area contributed by atoms with E-state index in [1.807, 2.05) is 12.1 Å². The van der Waals surface area contributed by atoms with Gasteiger partial charge in [-0.05, 0) is 26.0 Å². The fraction of sp³-hybridized carbons (Fsp3) is 0.185. The molecule has 14 heteroatoms. The molecule has 2 aromatic carbocycles. The lowest BCUT2D eigenvalue weighted by molar-refractivity contribution is -0.132. The zero-order valence-electron chi connectivity index (χ0n) is 22.3. The van der Waals surface area contributed by atoms with Crippen LogP contribution in [-0.2, 0) is 9.59 Å². The Bertz CT molecular complexity index is 1530. The van der Waals surface area contributed by atoms with Gasteiger partial charge in [-0.15, -0.1) is 0 Å². The molecule has 2 heterocycles. The molecule has 2 amide bonds. The Balaban J connectivity index is 1.39. The highest BCUT2D eigenvalue weighted by atomic mass is 35.5. The summed E-state index contributed by atoms with van der Waals surface area (Å²) in [5.41, 5.74) is 8.30. The number of halogens is 2. The second-order valence-electron chi connectivity index (χ2n) is 8.86. The highest BCUT2D eigenvalue weighted by molar-refractivity contribution is 7.81. The van der Waals surface area contributed by atoms with Crippen molar-refractivity contribution in [1.82, 2.24) is 31.2 Å². The number of amides is 2. The Hall–Kier alpha value is -3.84. The monoisotopic (exact) mass is 630 g/mol. The summed E-state index contributed by atoms with van der Waals surface area (Å²) in [6.07, 6.45) is -0.514. The number of thiocarbonyl (C=S) groups is 2. The van der Waals surface area contributed by atoms with Crippen LogP contribution in [0.15, 0.2) is 57.6 Å². The van der Waals surface area contributed by atoms with E-state index < -0.39 is 18.2 Å². The van der Waals surface area contributed by atoms with Gasteiger partial charge in [-0.3, -0.25) is 30.5 Å². The molecule has 4 rings (SSSR count). The number of benzene rings is 2. The van der Waals surface area contributed by atoms with Gasteiger partial charge in [-0.2, -0.15) is 0 Å². The molecule has 0 fully saturated rings. The van der Waals surface area contributed by atoms with Crippen LogP contribution in [0.4, 0.5) is 0 Å². The van der Waals surface area contributed by atoms with Crippen molar-refractivity contribution in [2.45, 2.75) is 20.3 Å². The number of hydrogen-bond acceptors (Lipinski definition) is 8. The summed E-state index contributed by atoms with van der Waals surface area (Å²) in [6.45, 7) is 3.40. The number of aromatic nitrogens is 2. The van der Waals surface area contributed by atoms with E-state index in [2.05, 4.69) is 21.2 Å². The van der Waals surface area contributed by atoms with Crippen molar-refractivity contribution >= 4 is 69.4 Å². The molecule has 0 aliphatic carbocycles. The molecule has 0 aliphatic rings. The van der Waals surface area contributed by atoms with Gasteiger partial charge in [-0.25, -0.2) is 0 Å². The van der Waals surface area contributed by atoms with Crippen molar-refractivity contribution in [3.05, 3.63) is 81.2 Å². The zero-order valence-corrected chi connectivity index (χ0v) is 25.5. The molecule has 4 aromatic rings. The van der Waals surface area contributed by atoms with Crippen LogP contribution in [0.1, 0.15) is 29.1 Å². The molecular formula is C27H24Cl2N6O4S2. The molecule has 0 radical (unpaired) electrons. The van der Waals surface area contributed by atoms with Crippen LogP contribution in [0.25, 0.3) is 22.5 Å². The molecule has 0 saturated carbocycles. The van der Waals surface area contributed by atoms with Gasteiger partial charge in [0.25, 0.3) is 0 Å². The largest absolute Gasteiger partial charge is 0.360 e. The van der Waals surface area contributed by atoms with Gasteiger partial charge >= 0.3 is 0 Å². The Morgan fingerprint density at radius 3 is 1.49 bits per heavy atom. The van der Waals surface area contributed by atoms with E-state index in [4.69, 9.17) is 56.7 Å². The van der Waals surface area contributed by atoms with Crippen LogP contribution < -0.4 is 10.9 Å². The summed E-state index contributed by atoms with van der Waals surface area (Å²) in [4.78, 5) is 25.9. The van der Waals surface area contributed by atoms with Crippen LogP contribution in [0.2, 0.25) is 10.0 Å². The maximum Gasteiger partial charge on any atom is 0.248 e. The summed E-state index contributed by atoms with van der Waals surface area (Å²) in [5.74, 6) is -0.339. The van der Waals surface area contributed by atoms with Crippen molar-refractivity contribution < 1.29 is 18.6 Å². The molecule has 0 aliphatic heterocycles. The fourth-order valence-electron chi connectivity index (χ4n) is 3.96. The van der Waals surface area contributed by atoms with Gasteiger partial charge in [0.1, 0.15) is 39.3 Å². The fourth-order valence-corrected chi connectivity index (χ4v) is 4.98. The third-order valence-electron chi connectivity index (χ3n) is 5.93. The van der Waals surface area contributed by atoms with Crippen LogP contribution in [0, 0.1) is 13.8 Å². The third-order valence-corrected chi connectivity index (χ3v) is 7.54. The lowest BCUT2D eigenvalue weighted by Crippen LogP contribution is -2.47. The highest BCUT2D eigenvalue weighted by Crippen LogP contribution is 2.33. The van der Waals surface area contributed by atoms with Crippen LogP contribution >= 0.6 is 47.6 Å². The summed E-state index contributed by atoms with van der Waals surface area (Å²) in [7, 11) is 3.10. The summed E-state index contributed by atoms with van der Waals surface area (Å²) in [5, 5.41) is 11.8. The van der Waals surface area contributed by atoms with Gasteiger partial charge in [-0.1, -0.05) is 94.3 Å². The number of carbonyl (C=O) groups excluding carboxylic acids is 2. The Kier molecular flexibility index (Phi) is 9.38. The van der Waals surface area contributed by atoms with Crippen molar-refractivity contribution in [3.63, 3.8) is 0 Å². The number of hydrogen-bond donors (Lipinski definition) is 2. The summed E-state index contributed by atoms with van der Waals surface area (Å²) < 4.78 is 10.7. The Morgan fingerprint density at radius 2 is 1.12 bits per heavy atom. The quantitative estimate of drug-likeness (QED) is 0.165. The SMILES string of the molecule is Cc1onc(-c2ccccc2Cl)c1C(=S)N(C)NC(=O)CC(=O)NN(C)C(=S)c1c(-c2ccccc2Cl)noc1C. The Labute approximate surface area is 256 Å². The molecule has 0 spiro atoms. The molecule has 2 aromatic heterocycles. The topological polar surface area (TPSA) is 117 Å². The predicted molar refractivity (Wildman–Crippen MR) is 163 cm³/mol. The first-order valence-electron chi connectivity index (χ1n) is 12.1. The first-order chi connectivity index (χ1) is 19.5. The normalized spacial score (nSPS) is 10.7. The zero-order chi connectivity index (χ0) is 29.8. The molecule has 0 unspecified atom stereocenters. The minimum absolute atomic E-state index is 0.223. The lowest BCUT2D eigenvalue weighted by atomic mass is 10.1. The maximum absolute atomic E-state index is 12.7. The second-order valence-corrected chi connectivity index (χ2v) is 10.4. The van der Waals surface area contributed by atoms with E-state index >= 15 is 0 Å². The van der Waals surface area contributed by atoms with Gasteiger partial charge in [0.15, 0.2) is 0 Å². The average Bonchev–Trinajstić information content (AvgIpc) is 3.50. The Morgan fingerprint density at radius 1 is 0.756 bits per heavy atom. The van der Waals surface area contributed by atoms with Crippen LogP contribution in [-0.4, -0.2) is 56.2 Å². The second kappa shape index (κ2) is 12.8. The van der Waals surface area contributed by atoms with E-state index in [0.29, 0.717) is 55.2 Å². The number of nitrogens with one attached hydrogen (secondary N) is 2. The van der Waals surface area contributed by atoms with E-state index in [1.165, 1.54) is 10.0 Å². The molecule has 0 saturated heterocycles. The highest BCUT2D eigenvalue weighted by Gasteiger charge is 2.26. The molecule has 2 N–H and O–H groups in total. The molecular weight excluding hydrogens is 607 g/mol. The molecule has 41 heavy (non-hydrogen) atoms. The van der Waals surface area contributed by atoms with E-state index in [-0.39, 0.29) is 9.98 Å². The van der Waals surface area contributed by atoms with Crippen LogP contribution in [0.3, 0.4) is 0 Å². The van der Waals surface area contributed by atoms with Crippen molar-refractivity contribution in [2.24, 2.45) is 0 Å². The number of carbonyl (C=O) groups is 2. The van der Waals surface area contributed by atoms with Crippen LogP contribution in [0.5, 0.6) is 0 Å². The van der Waals surface area contributed by atoms with E-state index in [1.54, 1.807) is 64.3 Å². The number of aryl methyl sites for hydroxylation is 2. The van der Waals surface area contributed by atoms with Gasteiger partial charge in [0, 0.05) is 25.2 Å². The average molecular weight is 632 g/mol. The maximum atomic E-state index is 12.7. The number of rotatable bonds is 6. The third kappa shape index (κ3) is 6.57. The molecule has 0 atom stereocenters. The van der Waals surface area contributed by atoms with Crippen molar-refractivity contribution in [1.29, 1.82) is 0 Å². The standard InChI is InChI=1S/C27H24Cl2N6O4S2/c1-14-22(24(32-38-14)16-9-5-7-11-18(16)28)26(40)34(3)30-20(36)13-21(37)31-35(4)27(41)23-15(2)39-33-25(23)17-10-6-8-12-19(17)29/h5-12H,13H2,1-4H3,(H,30,36)(H,31,37). The minimum atomic E-state index is -0.613. The lowest BCUT2D eigenvalue weighted by Gasteiger charge is -2.23. The summed E-state index contributed by atoms with van der Waals surface area (Å²) >= 11 is 23.9. The van der Waals surface area contributed by atoms with Crippen molar-refractivity contribution in [3.8, 4) is 22.5 Å². The van der Waals surface area contributed by atoms with Crippen molar-refractivity contribution in [2.75, 3.05) is 14.1 Å². The van der Waals surface area contributed by atoms with E-state index in [9.17, 15) is 9.59 Å². The van der Waals surface area contributed by atoms with Gasteiger partial charge in [0.05, 0.1) is 21.2 Å². The first kappa shape index (κ1) is 30.1. The van der Waals surface area contributed by atoms with E-state index in [0.717, 1.165) is 0 Å². The minimum Gasteiger partial charge on any atom is -0.360 e. The predicted octanol–water partition coefficient (Wildman–Crippen LogP) is 5.29. The van der Waals surface area contributed by atoms with Gasteiger partial charge in [0.2, 0.25) is 11.8 Å². The number of hydrazine groups is 2. The number of nitrogens with zero attached hydrogens (tertiary/aromatic N) is 4. The molecule has 0 bridgehead atoms. The summed E-state index contributed by atoms with van der Waals surface area (Å²) in [6, 6.07) is 14.2.